The number of carbonyl (C=O) groups is 1. The Morgan fingerprint density at radius 2 is 2.10 bits per heavy atom. The summed E-state index contributed by atoms with van der Waals surface area (Å²) in [5, 5.41) is 4.07. The SMILES string of the molecule is CN(Cc1cnn(C)c1)C(=O)COc1ccc(Br)cc1. The lowest BCUT2D eigenvalue weighted by Crippen LogP contribution is -2.30. The minimum Gasteiger partial charge on any atom is -0.484 e. The van der Waals surface area contributed by atoms with Crippen molar-refractivity contribution in [2.24, 2.45) is 7.05 Å². The van der Waals surface area contributed by atoms with E-state index in [-0.39, 0.29) is 12.5 Å². The van der Waals surface area contributed by atoms with E-state index in [2.05, 4.69) is 21.0 Å². The Balaban J connectivity index is 1.83. The van der Waals surface area contributed by atoms with Gasteiger partial charge in [0.15, 0.2) is 6.61 Å². The maximum atomic E-state index is 12.0. The molecule has 0 atom stereocenters. The number of benzene rings is 1. The maximum Gasteiger partial charge on any atom is 0.260 e. The van der Waals surface area contributed by atoms with E-state index in [1.165, 1.54) is 0 Å². The van der Waals surface area contributed by atoms with Crippen molar-refractivity contribution in [2.45, 2.75) is 6.54 Å². The average molecular weight is 338 g/mol. The quantitative estimate of drug-likeness (QED) is 0.840. The number of aryl methyl sites for hydroxylation is 1. The molecule has 2 rings (SSSR count). The van der Waals surface area contributed by atoms with E-state index in [0.29, 0.717) is 12.3 Å². The van der Waals surface area contributed by atoms with Gasteiger partial charge in [-0.3, -0.25) is 9.48 Å². The molecule has 0 fully saturated rings. The summed E-state index contributed by atoms with van der Waals surface area (Å²) in [6.45, 7) is 0.550. The summed E-state index contributed by atoms with van der Waals surface area (Å²) in [7, 11) is 3.60. The molecule has 0 saturated heterocycles. The van der Waals surface area contributed by atoms with Gasteiger partial charge in [0.2, 0.25) is 0 Å². The van der Waals surface area contributed by atoms with Crippen LogP contribution in [0.25, 0.3) is 0 Å². The van der Waals surface area contributed by atoms with E-state index in [1.54, 1.807) is 22.8 Å². The van der Waals surface area contributed by atoms with E-state index < -0.39 is 0 Å². The number of hydrogen-bond donors (Lipinski definition) is 0. The fraction of sp³-hybridized carbons (Fsp3) is 0.286. The lowest BCUT2D eigenvalue weighted by molar-refractivity contribution is -0.132. The highest BCUT2D eigenvalue weighted by Gasteiger charge is 2.11. The number of nitrogens with zero attached hydrogens (tertiary/aromatic N) is 3. The largest absolute Gasteiger partial charge is 0.484 e. The van der Waals surface area contributed by atoms with Gasteiger partial charge in [0.1, 0.15) is 5.75 Å². The second-order valence-electron chi connectivity index (χ2n) is 4.51. The second-order valence-corrected chi connectivity index (χ2v) is 5.43. The number of hydrogen-bond acceptors (Lipinski definition) is 3. The Labute approximate surface area is 126 Å². The van der Waals surface area contributed by atoms with Gasteiger partial charge < -0.3 is 9.64 Å². The van der Waals surface area contributed by atoms with Gasteiger partial charge in [0.25, 0.3) is 5.91 Å². The van der Waals surface area contributed by atoms with Crippen molar-refractivity contribution in [1.29, 1.82) is 0 Å². The number of aromatic nitrogens is 2. The van der Waals surface area contributed by atoms with Crippen molar-refractivity contribution >= 4 is 21.8 Å². The molecule has 1 aromatic heterocycles. The summed E-state index contributed by atoms with van der Waals surface area (Å²) in [6, 6.07) is 7.38. The molecule has 0 aliphatic carbocycles. The van der Waals surface area contributed by atoms with Crippen LogP contribution in [0, 0.1) is 0 Å². The summed E-state index contributed by atoms with van der Waals surface area (Å²) < 4.78 is 8.14. The lowest BCUT2D eigenvalue weighted by atomic mass is 10.3. The summed E-state index contributed by atoms with van der Waals surface area (Å²) in [5.74, 6) is 0.605. The summed E-state index contributed by atoms with van der Waals surface area (Å²) in [4.78, 5) is 13.6. The molecule has 6 heteroatoms. The lowest BCUT2D eigenvalue weighted by Gasteiger charge is -2.16. The van der Waals surface area contributed by atoms with E-state index in [9.17, 15) is 4.79 Å². The van der Waals surface area contributed by atoms with E-state index in [4.69, 9.17) is 4.74 Å². The normalized spacial score (nSPS) is 10.3. The smallest absolute Gasteiger partial charge is 0.260 e. The first-order valence-corrected chi connectivity index (χ1v) is 6.94. The molecule has 0 spiro atoms. The zero-order valence-corrected chi connectivity index (χ0v) is 13.0. The van der Waals surface area contributed by atoms with Crippen LogP contribution in [0.3, 0.4) is 0 Å². The second kappa shape index (κ2) is 6.56. The van der Waals surface area contributed by atoms with Gasteiger partial charge in [-0.05, 0) is 24.3 Å². The number of amides is 1. The molecule has 0 aliphatic rings. The van der Waals surface area contributed by atoms with Crippen LogP contribution in [0.2, 0.25) is 0 Å². The van der Waals surface area contributed by atoms with Crippen LogP contribution in [0.1, 0.15) is 5.56 Å². The number of ether oxygens (including phenoxy) is 1. The first-order valence-electron chi connectivity index (χ1n) is 6.14. The summed E-state index contributed by atoms with van der Waals surface area (Å²) in [6.07, 6.45) is 3.64. The molecule has 1 aromatic carbocycles. The Kier molecular flexibility index (Phi) is 4.79. The van der Waals surface area contributed by atoms with Crippen molar-refractivity contribution in [3.05, 3.63) is 46.7 Å². The predicted octanol–water partition coefficient (Wildman–Crippen LogP) is 2.22. The third kappa shape index (κ3) is 4.09. The number of likely N-dealkylation sites (N-methyl/N-ethyl adjacent to an activating group) is 1. The molecule has 0 saturated carbocycles. The molecule has 0 radical (unpaired) electrons. The van der Waals surface area contributed by atoms with Crippen LogP contribution in [-0.4, -0.2) is 34.2 Å². The Morgan fingerprint density at radius 3 is 2.70 bits per heavy atom. The van der Waals surface area contributed by atoms with Crippen molar-refractivity contribution in [3.8, 4) is 5.75 Å². The maximum absolute atomic E-state index is 12.0. The van der Waals surface area contributed by atoms with Crippen molar-refractivity contribution < 1.29 is 9.53 Å². The number of rotatable bonds is 5. The van der Waals surface area contributed by atoms with Crippen LogP contribution < -0.4 is 4.74 Å². The van der Waals surface area contributed by atoms with Gasteiger partial charge in [-0.1, -0.05) is 15.9 Å². The van der Waals surface area contributed by atoms with Gasteiger partial charge in [0.05, 0.1) is 6.20 Å². The molecule has 5 nitrogen and oxygen atoms in total. The minimum atomic E-state index is -0.0724. The van der Waals surface area contributed by atoms with Gasteiger partial charge in [-0.15, -0.1) is 0 Å². The van der Waals surface area contributed by atoms with Crippen molar-refractivity contribution in [3.63, 3.8) is 0 Å². The fourth-order valence-corrected chi connectivity index (χ4v) is 1.97. The molecule has 1 heterocycles. The molecule has 20 heavy (non-hydrogen) atoms. The molecular formula is C14H16BrN3O2. The number of halogens is 1. The monoisotopic (exact) mass is 337 g/mol. The highest BCUT2D eigenvalue weighted by molar-refractivity contribution is 9.10. The molecular weight excluding hydrogens is 322 g/mol. The molecule has 0 aliphatic heterocycles. The first-order chi connectivity index (χ1) is 9.54. The molecule has 0 N–H and O–H groups in total. The van der Waals surface area contributed by atoms with Crippen LogP contribution >= 0.6 is 15.9 Å². The van der Waals surface area contributed by atoms with E-state index in [1.807, 2.05) is 37.5 Å². The average Bonchev–Trinajstić information content (AvgIpc) is 2.83. The molecule has 1 amide bonds. The third-order valence-electron chi connectivity index (χ3n) is 2.78. The Bertz CT molecular complexity index is 580. The predicted molar refractivity (Wildman–Crippen MR) is 79.3 cm³/mol. The van der Waals surface area contributed by atoms with Crippen LogP contribution in [0.15, 0.2) is 41.1 Å². The zero-order valence-electron chi connectivity index (χ0n) is 11.4. The van der Waals surface area contributed by atoms with Gasteiger partial charge in [0, 0.05) is 36.9 Å². The van der Waals surface area contributed by atoms with Crippen LogP contribution in [0.5, 0.6) is 5.75 Å². The molecule has 0 bridgehead atoms. The zero-order chi connectivity index (χ0) is 14.5. The van der Waals surface area contributed by atoms with Crippen LogP contribution in [0.4, 0.5) is 0 Å². The first kappa shape index (κ1) is 14.6. The van der Waals surface area contributed by atoms with Gasteiger partial charge in [-0.2, -0.15) is 5.10 Å². The van der Waals surface area contributed by atoms with Crippen LogP contribution in [-0.2, 0) is 18.4 Å². The standard InChI is InChI=1S/C14H16BrN3O2/c1-17(8-11-7-16-18(2)9-11)14(19)10-20-13-5-3-12(15)4-6-13/h3-7,9H,8,10H2,1-2H3. The summed E-state index contributed by atoms with van der Waals surface area (Å²) >= 11 is 3.35. The van der Waals surface area contributed by atoms with Crippen molar-refractivity contribution in [1.82, 2.24) is 14.7 Å². The summed E-state index contributed by atoms with van der Waals surface area (Å²) in [5.41, 5.74) is 0.993. The van der Waals surface area contributed by atoms with Crippen molar-refractivity contribution in [2.75, 3.05) is 13.7 Å². The highest BCUT2D eigenvalue weighted by atomic mass is 79.9. The molecule has 2 aromatic rings. The Morgan fingerprint density at radius 1 is 1.40 bits per heavy atom. The van der Waals surface area contributed by atoms with Gasteiger partial charge >= 0.3 is 0 Å². The van der Waals surface area contributed by atoms with E-state index in [0.717, 1.165) is 10.0 Å². The minimum absolute atomic E-state index is 0.0262. The van der Waals surface area contributed by atoms with E-state index >= 15 is 0 Å². The Hall–Kier alpha value is -1.82. The highest BCUT2D eigenvalue weighted by Crippen LogP contribution is 2.16. The third-order valence-corrected chi connectivity index (χ3v) is 3.31. The number of carbonyl (C=O) groups excluding carboxylic acids is 1. The molecule has 106 valence electrons. The fourth-order valence-electron chi connectivity index (χ4n) is 1.70. The topological polar surface area (TPSA) is 47.4 Å². The van der Waals surface area contributed by atoms with Gasteiger partial charge in [-0.25, -0.2) is 0 Å². The molecule has 0 unspecified atom stereocenters.